The van der Waals surface area contributed by atoms with Crippen molar-refractivity contribution in [3.8, 4) is 0 Å². The summed E-state index contributed by atoms with van der Waals surface area (Å²) in [6, 6.07) is 0.139. The van der Waals surface area contributed by atoms with Crippen LogP contribution in [0, 0.1) is 5.41 Å². The number of rotatable bonds is 13. The molecule has 0 aromatic carbocycles. The molecule has 0 radical (unpaired) electrons. The Morgan fingerprint density at radius 2 is 1.65 bits per heavy atom. The number of nitrogens with one attached hydrogen (secondary N) is 2. The van der Waals surface area contributed by atoms with Gasteiger partial charge in [-0.05, 0) is 39.0 Å². The molecule has 154 valence electrons. The van der Waals surface area contributed by atoms with Gasteiger partial charge in [0.05, 0.1) is 25.2 Å². The van der Waals surface area contributed by atoms with Crippen molar-refractivity contribution in [1.29, 1.82) is 0 Å². The molecule has 6 nitrogen and oxygen atoms in total. The Labute approximate surface area is 159 Å². The molecule has 0 fully saturated rings. The van der Waals surface area contributed by atoms with Crippen molar-refractivity contribution in [3.63, 3.8) is 0 Å². The summed E-state index contributed by atoms with van der Waals surface area (Å²) in [5.74, 6) is -0.0542. The van der Waals surface area contributed by atoms with E-state index in [1.165, 1.54) is 0 Å². The molecule has 6 heteroatoms. The SMILES string of the molecule is CCC(C)(CC(=O)NCCOCCC(=O)NC(C)C)OCCC(C)(C)C. The Morgan fingerprint density at radius 3 is 2.19 bits per heavy atom. The van der Waals surface area contributed by atoms with Gasteiger partial charge in [0.2, 0.25) is 11.8 Å². The van der Waals surface area contributed by atoms with Crippen LogP contribution in [0.2, 0.25) is 0 Å². The van der Waals surface area contributed by atoms with E-state index in [0.29, 0.717) is 39.2 Å². The zero-order valence-electron chi connectivity index (χ0n) is 17.9. The second kappa shape index (κ2) is 12.3. The van der Waals surface area contributed by atoms with Crippen LogP contribution in [0.25, 0.3) is 0 Å². The monoisotopic (exact) mass is 372 g/mol. The number of carbonyl (C=O) groups excluding carboxylic acids is 2. The van der Waals surface area contributed by atoms with Gasteiger partial charge in [0.1, 0.15) is 0 Å². The third-order valence-electron chi connectivity index (χ3n) is 4.08. The van der Waals surface area contributed by atoms with Gasteiger partial charge in [0.15, 0.2) is 0 Å². The fourth-order valence-corrected chi connectivity index (χ4v) is 2.21. The number of carbonyl (C=O) groups is 2. The first kappa shape index (κ1) is 24.9. The Kier molecular flexibility index (Phi) is 11.7. The van der Waals surface area contributed by atoms with Gasteiger partial charge in [0.25, 0.3) is 0 Å². The van der Waals surface area contributed by atoms with Crippen LogP contribution in [-0.2, 0) is 19.1 Å². The Hall–Kier alpha value is -1.14. The van der Waals surface area contributed by atoms with Gasteiger partial charge in [-0.15, -0.1) is 0 Å². The molecule has 26 heavy (non-hydrogen) atoms. The first-order valence-electron chi connectivity index (χ1n) is 9.75. The quantitative estimate of drug-likeness (QED) is 0.487. The predicted octanol–water partition coefficient (Wildman–Crippen LogP) is 3.05. The molecule has 2 N–H and O–H groups in total. The van der Waals surface area contributed by atoms with E-state index < -0.39 is 5.60 Å². The summed E-state index contributed by atoms with van der Waals surface area (Å²) < 4.78 is 11.4. The average molecular weight is 373 g/mol. The van der Waals surface area contributed by atoms with Gasteiger partial charge in [-0.1, -0.05) is 27.7 Å². The summed E-state index contributed by atoms with van der Waals surface area (Å²) >= 11 is 0. The van der Waals surface area contributed by atoms with Gasteiger partial charge in [0, 0.05) is 25.6 Å². The van der Waals surface area contributed by atoms with Crippen LogP contribution in [0.5, 0.6) is 0 Å². The molecule has 0 rings (SSSR count). The lowest BCUT2D eigenvalue weighted by molar-refractivity contribution is -0.129. The van der Waals surface area contributed by atoms with Crippen molar-refractivity contribution < 1.29 is 19.1 Å². The van der Waals surface area contributed by atoms with E-state index >= 15 is 0 Å². The van der Waals surface area contributed by atoms with Crippen molar-refractivity contribution in [3.05, 3.63) is 0 Å². The van der Waals surface area contributed by atoms with E-state index in [2.05, 4.69) is 31.4 Å². The van der Waals surface area contributed by atoms with Gasteiger partial charge in [-0.2, -0.15) is 0 Å². The van der Waals surface area contributed by atoms with E-state index in [0.717, 1.165) is 12.8 Å². The number of hydrogen-bond acceptors (Lipinski definition) is 4. The molecule has 0 aromatic rings. The van der Waals surface area contributed by atoms with Crippen molar-refractivity contribution >= 4 is 11.8 Å². The van der Waals surface area contributed by atoms with Crippen LogP contribution in [0.3, 0.4) is 0 Å². The van der Waals surface area contributed by atoms with Crippen LogP contribution >= 0.6 is 0 Å². The van der Waals surface area contributed by atoms with Gasteiger partial charge in [-0.25, -0.2) is 0 Å². The van der Waals surface area contributed by atoms with Gasteiger partial charge < -0.3 is 20.1 Å². The zero-order chi connectivity index (χ0) is 20.2. The minimum atomic E-state index is -0.439. The first-order valence-corrected chi connectivity index (χ1v) is 9.75. The van der Waals surface area contributed by atoms with Gasteiger partial charge >= 0.3 is 0 Å². The number of hydrogen-bond donors (Lipinski definition) is 2. The highest BCUT2D eigenvalue weighted by molar-refractivity contribution is 5.77. The lowest BCUT2D eigenvalue weighted by Crippen LogP contribution is -2.38. The van der Waals surface area contributed by atoms with Crippen LogP contribution in [0.4, 0.5) is 0 Å². The van der Waals surface area contributed by atoms with E-state index in [-0.39, 0.29) is 23.3 Å². The van der Waals surface area contributed by atoms with Crippen LogP contribution in [-0.4, -0.2) is 49.8 Å². The highest BCUT2D eigenvalue weighted by Gasteiger charge is 2.27. The normalized spacial score (nSPS) is 14.2. The molecule has 0 spiro atoms. The maximum atomic E-state index is 12.1. The molecule has 1 atom stereocenters. The standard InChI is InChI=1S/C20H40N2O4/c1-8-20(7,26-13-10-19(4,5)6)15-18(24)21-11-14-25-12-9-17(23)22-16(2)3/h16H,8-15H2,1-7H3,(H,21,24)(H,22,23). The zero-order valence-corrected chi connectivity index (χ0v) is 17.9. The second-order valence-electron chi connectivity index (χ2n) is 8.57. The molecular weight excluding hydrogens is 332 g/mol. The molecule has 2 amide bonds. The first-order chi connectivity index (χ1) is 12.0. The topological polar surface area (TPSA) is 76.7 Å². The lowest BCUT2D eigenvalue weighted by Gasteiger charge is -2.30. The molecule has 0 bridgehead atoms. The minimum absolute atomic E-state index is 0.0184. The molecule has 0 saturated heterocycles. The number of ether oxygens (including phenoxy) is 2. The molecule has 0 heterocycles. The summed E-state index contributed by atoms with van der Waals surface area (Å²) in [4.78, 5) is 23.6. The Bertz CT molecular complexity index is 419. The van der Waals surface area contributed by atoms with E-state index in [1.807, 2.05) is 27.7 Å². The van der Waals surface area contributed by atoms with Crippen molar-refractivity contribution in [2.75, 3.05) is 26.4 Å². The summed E-state index contributed by atoms with van der Waals surface area (Å²) in [6.07, 6.45) is 2.42. The average Bonchev–Trinajstić information content (AvgIpc) is 2.48. The van der Waals surface area contributed by atoms with Crippen molar-refractivity contribution in [2.45, 2.75) is 85.8 Å². The smallest absolute Gasteiger partial charge is 0.222 e. The van der Waals surface area contributed by atoms with Crippen LogP contribution < -0.4 is 10.6 Å². The van der Waals surface area contributed by atoms with E-state index in [9.17, 15) is 9.59 Å². The van der Waals surface area contributed by atoms with E-state index in [4.69, 9.17) is 9.47 Å². The van der Waals surface area contributed by atoms with Crippen molar-refractivity contribution in [1.82, 2.24) is 10.6 Å². The minimum Gasteiger partial charge on any atom is -0.379 e. The summed E-state index contributed by atoms with van der Waals surface area (Å²) in [5.41, 5.74) is -0.217. The largest absolute Gasteiger partial charge is 0.379 e. The molecule has 0 aliphatic heterocycles. The second-order valence-corrected chi connectivity index (χ2v) is 8.57. The maximum Gasteiger partial charge on any atom is 0.222 e. The molecule has 0 saturated carbocycles. The van der Waals surface area contributed by atoms with Gasteiger partial charge in [-0.3, -0.25) is 9.59 Å². The lowest BCUT2D eigenvalue weighted by atomic mass is 9.92. The molecule has 0 aliphatic rings. The number of amides is 2. The fourth-order valence-electron chi connectivity index (χ4n) is 2.21. The van der Waals surface area contributed by atoms with Crippen molar-refractivity contribution in [2.24, 2.45) is 5.41 Å². The molecule has 0 aliphatic carbocycles. The summed E-state index contributed by atoms with van der Waals surface area (Å²) in [7, 11) is 0. The third-order valence-corrected chi connectivity index (χ3v) is 4.08. The summed E-state index contributed by atoms with van der Waals surface area (Å²) in [6.45, 7) is 16.3. The molecular formula is C20H40N2O4. The molecule has 1 unspecified atom stereocenters. The maximum absolute atomic E-state index is 12.1. The Balaban J connectivity index is 3.92. The fraction of sp³-hybridized carbons (Fsp3) is 0.900. The highest BCUT2D eigenvalue weighted by atomic mass is 16.5. The highest BCUT2D eigenvalue weighted by Crippen LogP contribution is 2.24. The van der Waals surface area contributed by atoms with Crippen LogP contribution in [0.1, 0.15) is 74.1 Å². The molecule has 0 aromatic heterocycles. The predicted molar refractivity (Wildman–Crippen MR) is 105 cm³/mol. The van der Waals surface area contributed by atoms with Crippen LogP contribution in [0.15, 0.2) is 0 Å². The Morgan fingerprint density at radius 1 is 1.00 bits per heavy atom. The van der Waals surface area contributed by atoms with E-state index in [1.54, 1.807) is 0 Å². The third kappa shape index (κ3) is 14.1. The summed E-state index contributed by atoms with van der Waals surface area (Å²) in [5, 5.41) is 5.66.